The molecule has 0 aromatic carbocycles. The first-order valence-electron chi connectivity index (χ1n) is 4.51. The lowest BCUT2D eigenvalue weighted by molar-refractivity contribution is -0.144. The molecule has 1 aliphatic rings. The maximum absolute atomic E-state index is 11.1. The second-order valence-electron chi connectivity index (χ2n) is 3.13. The first-order valence-corrected chi connectivity index (χ1v) is 4.51. The predicted molar refractivity (Wildman–Crippen MR) is 44.8 cm³/mol. The summed E-state index contributed by atoms with van der Waals surface area (Å²) in [5, 5.41) is 0. The van der Waals surface area contributed by atoms with E-state index in [1.54, 1.807) is 0 Å². The Kier molecular flexibility index (Phi) is 3.53. The Labute approximate surface area is 73.0 Å². The first kappa shape index (κ1) is 9.52. The molecule has 1 aliphatic heterocycles. The highest BCUT2D eigenvalue weighted by Crippen LogP contribution is 2.23. The van der Waals surface area contributed by atoms with Crippen LogP contribution in [0.4, 0.5) is 0 Å². The Morgan fingerprint density at radius 3 is 2.92 bits per heavy atom. The molecule has 0 saturated carbocycles. The topological polar surface area (TPSA) is 35.5 Å². The van der Waals surface area contributed by atoms with E-state index < -0.39 is 0 Å². The van der Waals surface area contributed by atoms with Gasteiger partial charge in [-0.05, 0) is 26.2 Å². The molecule has 1 heterocycles. The molecular weight excluding hydrogens is 156 g/mol. The van der Waals surface area contributed by atoms with Gasteiger partial charge in [-0.2, -0.15) is 0 Å². The molecule has 0 bridgehead atoms. The van der Waals surface area contributed by atoms with Crippen LogP contribution in [0.2, 0.25) is 0 Å². The van der Waals surface area contributed by atoms with E-state index in [2.05, 4.69) is 0 Å². The van der Waals surface area contributed by atoms with Gasteiger partial charge in [-0.25, -0.2) is 0 Å². The molecule has 0 aromatic rings. The zero-order chi connectivity index (χ0) is 8.97. The van der Waals surface area contributed by atoms with Gasteiger partial charge in [0.25, 0.3) is 0 Å². The van der Waals surface area contributed by atoms with Gasteiger partial charge in [0.15, 0.2) is 0 Å². The molecular formula is C9H16O3. The molecule has 3 nitrogen and oxygen atoms in total. The molecule has 12 heavy (non-hydrogen) atoms. The predicted octanol–water partition coefficient (Wildman–Crippen LogP) is 1.36. The summed E-state index contributed by atoms with van der Waals surface area (Å²) < 4.78 is 10.2. The fraction of sp³-hybridized carbons (Fsp3) is 0.889. The van der Waals surface area contributed by atoms with E-state index in [4.69, 9.17) is 9.47 Å². The van der Waals surface area contributed by atoms with Crippen molar-refractivity contribution in [3.8, 4) is 0 Å². The zero-order valence-electron chi connectivity index (χ0n) is 7.71. The van der Waals surface area contributed by atoms with E-state index >= 15 is 0 Å². The average Bonchev–Trinajstić information content (AvgIpc) is 2.37. The second-order valence-corrected chi connectivity index (χ2v) is 3.13. The summed E-state index contributed by atoms with van der Waals surface area (Å²) in [5.74, 6) is 0.267. The van der Waals surface area contributed by atoms with E-state index in [-0.39, 0.29) is 12.1 Å². The lowest BCUT2D eigenvalue weighted by atomic mass is 9.99. The number of rotatable bonds is 3. The third-order valence-electron chi connectivity index (χ3n) is 2.27. The van der Waals surface area contributed by atoms with Gasteiger partial charge in [-0.3, -0.25) is 4.79 Å². The van der Waals surface area contributed by atoms with Crippen LogP contribution in [0.15, 0.2) is 0 Å². The van der Waals surface area contributed by atoms with Gasteiger partial charge in [0.1, 0.15) is 0 Å². The molecule has 0 amide bonds. The lowest BCUT2D eigenvalue weighted by Gasteiger charge is -2.12. The Hall–Kier alpha value is -0.570. The molecule has 0 radical (unpaired) electrons. The quantitative estimate of drug-likeness (QED) is 0.603. The number of esters is 1. The van der Waals surface area contributed by atoms with Crippen LogP contribution < -0.4 is 0 Å². The fourth-order valence-corrected chi connectivity index (χ4v) is 1.48. The number of ether oxygens (including phenoxy) is 2. The molecule has 0 unspecified atom stereocenters. The van der Waals surface area contributed by atoms with Crippen LogP contribution in [0.1, 0.15) is 26.7 Å². The van der Waals surface area contributed by atoms with Gasteiger partial charge in [0, 0.05) is 6.61 Å². The van der Waals surface area contributed by atoms with Crippen LogP contribution in [-0.2, 0) is 14.3 Å². The van der Waals surface area contributed by atoms with E-state index in [0.717, 1.165) is 13.0 Å². The van der Waals surface area contributed by atoms with Gasteiger partial charge in [-0.15, -0.1) is 0 Å². The number of hydrogen-bond donors (Lipinski definition) is 0. The fourth-order valence-electron chi connectivity index (χ4n) is 1.48. The van der Waals surface area contributed by atoms with Crippen LogP contribution in [-0.4, -0.2) is 25.3 Å². The maximum Gasteiger partial charge on any atom is 0.306 e. The van der Waals surface area contributed by atoms with Crippen LogP contribution in [0, 0.1) is 5.92 Å². The third kappa shape index (κ3) is 2.48. The van der Waals surface area contributed by atoms with E-state index in [0.29, 0.717) is 18.9 Å². The van der Waals surface area contributed by atoms with Crippen molar-refractivity contribution in [1.29, 1.82) is 0 Å². The molecule has 1 rings (SSSR count). The first-order chi connectivity index (χ1) is 5.74. The van der Waals surface area contributed by atoms with E-state index in [9.17, 15) is 4.79 Å². The molecule has 3 heteroatoms. The van der Waals surface area contributed by atoms with Crippen molar-refractivity contribution < 1.29 is 14.3 Å². The Bertz CT molecular complexity index is 156. The second kappa shape index (κ2) is 4.45. The van der Waals surface area contributed by atoms with Crippen molar-refractivity contribution in [2.45, 2.75) is 32.8 Å². The number of carbonyl (C=O) groups excluding carboxylic acids is 1. The minimum Gasteiger partial charge on any atom is -0.466 e. The summed E-state index contributed by atoms with van der Waals surface area (Å²) in [4.78, 5) is 11.1. The van der Waals surface area contributed by atoms with Crippen molar-refractivity contribution in [3.63, 3.8) is 0 Å². The lowest BCUT2D eigenvalue weighted by Crippen LogP contribution is -2.17. The molecule has 2 atom stereocenters. The van der Waals surface area contributed by atoms with E-state index in [1.165, 1.54) is 0 Å². The summed E-state index contributed by atoms with van der Waals surface area (Å²) in [7, 11) is 0. The van der Waals surface area contributed by atoms with Crippen LogP contribution in [0.3, 0.4) is 0 Å². The highest BCUT2D eigenvalue weighted by Gasteiger charge is 2.26. The van der Waals surface area contributed by atoms with Gasteiger partial charge < -0.3 is 9.47 Å². The largest absolute Gasteiger partial charge is 0.466 e. The number of hydrogen-bond acceptors (Lipinski definition) is 3. The molecule has 1 saturated heterocycles. The third-order valence-corrected chi connectivity index (χ3v) is 2.27. The molecule has 0 aliphatic carbocycles. The molecule has 1 fully saturated rings. The summed E-state index contributed by atoms with van der Waals surface area (Å²) >= 11 is 0. The smallest absolute Gasteiger partial charge is 0.306 e. The summed E-state index contributed by atoms with van der Waals surface area (Å²) in [5.41, 5.74) is 0. The molecule has 0 spiro atoms. The van der Waals surface area contributed by atoms with Crippen LogP contribution >= 0.6 is 0 Å². The zero-order valence-corrected chi connectivity index (χ0v) is 7.71. The van der Waals surface area contributed by atoms with Gasteiger partial charge in [-0.1, -0.05) is 0 Å². The molecule has 70 valence electrons. The standard InChI is InChI=1S/C9H16O3/c1-3-11-9(10)6-8-4-5-12-7(8)2/h7-8H,3-6H2,1-2H3/t7-,8-/m0/s1. The van der Waals surface area contributed by atoms with Crippen LogP contribution in [0.5, 0.6) is 0 Å². The Morgan fingerprint density at radius 1 is 1.67 bits per heavy atom. The van der Waals surface area contributed by atoms with Crippen molar-refractivity contribution >= 4 is 5.97 Å². The maximum atomic E-state index is 11.1. The van der Waals surface area contributed by atoms with Gasteiger partial charge in [0.05, 0.1) is 19.1 Å². The van der Waals surface area contributed by atoms with Gasteiger partial charge in [0.2, 0.25) is 0 Å². The molecule has 0 N–H and O–H groups in total. The van der Waals surface area contributed by atoms with Crippen molar-refractivity contribution in [2.75, 3.05) is 13.2 Å². The minimum atomic E-state index is -0.0974. The highest BCUT2D eigenvalue weighted by molar-refractivity contribution is 5.69. The summed E-state index contributed by atoms with van der Waals surface area (Å²) in [6.45, 7) is 5.09. The Balaban J connectivity index is 2.25. The monoisotopic (exact) mass is 172 g/mol. The van der Waals surface area contributed by atoms with Crippen LogP contribution in [0.25, 0.3) is 0 Å². The molecule has 0 aromatic heterocycles. The van der Waals surface area contributed by atoms with Gasteiger partial charge >= 0.3 is 5.97 Å². The Morgan fingerprint density at radius 2 is 2.42 bits per heavy atom. The summed E-state index contributed by atoms with van der Waals surface area (Å²) in [6, 6.07) is 0. The number of carbonyl (C=O) groups is 1. The summed E-state index contributed by atoms with van der Waals surface area (Å²) in [6.07, 6.45) is 1.71. The highest BCUT2D eigenvalue weighted by atomic mass is 16.5. The normalized spacial score (nSPS) is 28.8. The van der Waals surface area contributed by atoms with Crippen molar-refractivity contribution in [3.05, 3.63) is 0 Å². The van der Waals surface area contributed by atoms with Crippen molar-refractivity contribution in [2.24, 2.45) is 5.92 Å². The van der Waals surface area contributed by atoms with E-state index in [1.807, 2.05) is 13.8 Å². The van der Waals surface area contributed by atoms with Crippen molar-refractivity contribution in [1.82, 2.24) is 0 Å². The average molecular weight is 172 g/mol. The SMILES string of the molecule is CCOC(=O)C[C@@H]1CCO[C@H]1C. The minimum absolute atomic E-state index is 0.0974.